The molecule has 2 rings (SSSR count). The van der Waals surface area contributed by atoms with Gasteiger partial charge in [0.1, 0.15) is 11.6 Å². The number of hydrogen-bond donors (Lipinski definition) is 1. The van der Waals surface area contributed by atoms with Crippen molar-refractivity contribution in [1.82, 2.24) is 0 Å². The van der Waals surface area contributed by atoms with Gasteiger partial charge in [-0.3, -0.25) is 4.79 Å². The summed E-state index contributed by atoms with van der Waals surface area (Å²) in [7, 11) is 0. The van der Waals surface area contributed by atoms with Crippen LogP contribution in [0.4, 0.5) is 14.5 Å². The van der Waals surface area contributed by atoms with Crippen LogP contribution >= 0.6 is 11.8 Å². The number of anilines is 1. The maximum atomic E-state index is 13.4. The van der Waals surface area contributed by atoms with Crippen molar-refractivity contribution in [2.24, 2.45) is 0 Å². The molecule has 1 N–H and O–H groups in total. The topological polar surface area (TPSA) is 52.9 Å². The maximum absolute atomic E-state index is 13.4. The highest BCUT2D eigenvalue weighted by Gasteiger charge is 2.09. The van der Waals surface area contributed by atoms with Crippen molar-refractivity contribution in [3.63, 3.8) is 0 Å². The van der Waals surface area contributed by atoms with Crippen molar-refractivity contribution < 1.29 is 13.6 Å². The highest BCUT2D eigenvalue weighted by molar-refractivity contribution is 7.99. The number of nitrogens with zero attached hydrogens (tertiary/aromatic N) is 1. The maximum Gasteiger partial charge on any atom is 0.234 e. The quantitative estimate of drug-likeness (QED) is 0.914. The SMILES string of the molecule is N#Cc1ccccc1CSCC(=O)Nc1cc(F)ccc1F. The Morgan fingerprint density at radius 1 is 1.23 bits per heavy atom. The molecule has 0 aliphatic heterocycles. The van der Waals surface area contributed by atoms with Gasteiger partial charge < -0.3 is 5.32 Å². The van der Waals surface area contributed by atoms with E-state index in [0.717, 1.165) is 23.8 Å². The van der Waals surface area contributed by atoms with Crippen LogP contribution in [0.15, 0.2) is 42.5 Å². The monoisotopic (exact) mass is 318 g/mol. The Labute approximate surface area is 131 Å². The first-order valence-corrected chi connectivity index (χ1v) is 7.56. The molecular weight excluding hydrogens is 306 g/mol. The van der Waals surface area contributed by atoms with E-state index in [-0.39, 0.29) is 11.4 Å². The van der Waals surface area contributed by atoms with Crippen molar-refractivity contribution in [2.75, 3.05) is 11.1 Å². The molecule has 0 saturated heterocycles. The van der Waals surface area contributed by atoms with Crippen molar-refractivity contribution >= 4 is 23.4 Å². The van der Waals surface area contributed by atoms with Crippen LogP contribution in [0.3, 0.4) is 0 Å². The van der Waals surface area contributed by atoms with Crippen LogP contribution in [0.25, 0.3) is 0 Å². The van der Waals surface area contributed by atoms with E-state index in [1.807, 2.05) is 12.1 Å². The van der Waals surface area contributed by atoms with Gasteiger partial charge in [-0.25, -0.2) is 8.78 Å². The van der Waals surface area contributed by atoms with Crippen molar-refractivity contribution in [3.05, 3.63) is 65.2 Å². The zero-order chi connectivity index (χ0) is 15.9. The highest BCUT2D eigenvalue weighted by atomic mass is 32.2. The van der Waals surface area contributed by atoms with Crippen LogP contribution < -0.4 is 5.32 Å². The summed E-state index contributed by atoms with van der Waals surface area (Å²) < 4.78 is 26.4. The van der Waals surface area contributed by atoms with E-state index >= 15 is 0 Å². The van der Waals surface area contributed by atoms with Gasteiger partial charge in [0, 0.05) is 11.8 Å². The van der Waals surface area contributed by atoms with Gasteiger partial charge in [-0.2, -0.15) is 5.26 Å². The van der Waals surface area contributed by atoms with Gasteiger partial charge in [0.05, 0.1) is 23.1 Å². The third-order valence-corrected chi connectivity index (χ3v) is 3.81. The zero-order valence-corrected chi connectivity index (χ0v) is 12.3. The smallest absolute Gasteiger partial charge is 0.234 e. The average molecular weight is 318 g/mol. The molecule has 0 saturated carbocycles. The fourth-order valence-corrected chi connectivity index (χ4v) is 2.62. The molecule has 0 aromatic heterocycles. The van der Waals surface area contributed by atoms with E-state index in [4.69, 9.17) is 5.26 Å². The predicted octanol–water partition coefficient (Wildman–Crippen LogP) is 3.71. The molecule has 0 spiro atoms. The second-order valence-electron chi connectivity index (χ2n) is 4.43. The molecule has 112 valence electrons. The number of nitriles is 1. The lowest BCUT2D eigenvalue weighted by Crippen LogP contribution is -2.15. The summed E-state index contributed by atoms with van der Waals surface area (Å²) in [5.74, 6) is -1.16. The number of rotatable bonds is 5. The van der Waals surface area contributed by atoms with E-state index < -0.39 is 17.5 Å². The number of halogens is 2. The molecule has 22 heavy (non-hydrogen) atoms. The third-order valence-electron chi connectivity index (χ3n) is 2.83. The highest BCUT2D eigenvalue weighted by Crippen LogP contribution is 2.18. The molecule has 1 amide bonds. The van der Waals surface area contributed by atoms with Crippen molar-refractivity contribution in [2.45, 2.75) is 5.75 Å². The van der Waals surface area contributed by atoms with Crippen molar-refractivity contribution in [1.29, 1.82) is 5.26 Å². The fraction of sp³-hybridized carbons (Fsp3) is 0.125. The summed E-state index contributed by atoms with van der Waals surface area (Å²) in [4.78, 5) is 11.7. The zero-order valence-electron chi connectivity index (χ0n) is 11.5. The standard InChI is InChI=1S/C16H12F2N2OS/c17-13-5-6-14(18)15(7-13)20-16(21)10-22-9-12-4-2-1-3-11(12)8-19/h1-7H,9-10H2,(H,20,21). The van der Waals surface area contributed by atoms with Gasteiger partial charge in [0.2, 0.25) is 5.91 Å². The summed E-state index contributed by atoms with van der Waals surface area (Å²) in [5, 5.41) is 11.3. The van der Waals surface area contributed by atoms with Crippen LogP contribution in [-0.4, -0.2) is 11.7 Å². The van der Waals surface area contributed by atoms with E-state index in [1.165, 1.54) is 11.8 Å². The molecule has 2 aromatic carbocycles. The molecule has 6 heteroatoms. The van der Waals surface area contributed by atoms with Gasteiger partial charge in [0.15, 0.2) is 0 Å². The minimum atomic E-state index is -0.686. The predicted molar refractivity (Wildman–Crippen MR) is 82.3 cm³/mol. The van der Waals surface area contributed by atoms with Crippen molar-refractivity contribution in [3.8, 4) is 6.07 Å². The molecule has 0 aliphatic carbocycles. The summed E-state index contributed by atoms with van der Waals surface area (Å²) in [5.41, 5.74) is 1.22. The Morgan fingerprint density at radius 3 is 2.77 bits per heavy atom. The fourth-order valence-electron chi connectivity index (χ4n) is 1.79. The summed E-state index contributed by atoms with van der Waals surface area (Å²) in [6.45, 7) is 0. The summed E-state index contributed by atoms with van der Waals surface area (Å²) in [6.07, 6.45) is 0. The number of nitrogens with one attached hydrogen (secondary N) is 1. The minimum Gasteiger partial charge on any atom is -0.323 e. The minimum absolute atomic E-state index is 0.0791. The summed E-state index contributed by atoms with van der Waals surface area (Å²) >= 11 is 1.29. The lowest BCUT2D eigenvalue weighted by molar-refractivity contribution is -0.113. The van der Waals surface area contributed by atoms with Crippen LogP contribution in [0.2, 0.25) is 0 Å². The molecule has 0 atom stereocenters. The van der Waals surface area contributed by atoms with Crippen LogP contribution in [0.5, 0.6) is 0 Å². The molecule has 0 fully saturated rings. The Bertz CT molecular complexity index is 728. The Balaban J connectivity index is 1.88. The second kappa shape index (κ2) is 7.57. The molecule has 0 aliphatic rings. The van der Waals surface area contributed by atoms with E-state index in [2.05, 4.69) is 11.4 Å². The average Bonchev–Trinajstić information content (AvgIpc) is 2.51. The largest absolute Gasteiger partial charge is 0.323 e. The van der Waals surface area contributed by atoms with Gasteiger partial charge >= 0.3 is 0 Å². The Hall–Kier alpha value is -2.39. The number of carbonyl (C=O) groups excluding carboxylic acids is 1. The molecule has 3 nitrogen and oxygen atoms in total. The second-order valence-corrected chi connectivity index (χ2v) is 5.42. The Kier molecular flexibility index (Phi) is 5.50. The Morgan fingerprint density at radius 2 is 2.00 bits per heavy atom. The number of carbonyl (C=O) groups is 1. The van der Waals surface area contributed by atoms with Crippen LogP contribution in [0.1, 0.15) is 11.1 Å². The first kappa shape index (κ1) is 16.0. The molecule has 0 bridgehead atoms. The van der Waals surface area contributed by atoms with Gasteiger partial charge in [-0.05, 0) is 23.8 Å². The number of thioether (sulfide) groups is 1. The number of hydrogen-bond acceptors (Lipinski definition) is 3. The summed E-state index contributed by atoms with van der Waals surface area (Å²) in [6, 6.07) is 12.1. The lowest BCUT2D eigenvalue weighted by Gasteiger charge is -2.07. The normalized spacial score (nSPS) is 10.0. The molecule has 0 radical (unpaired) electrons. The molecular formula is C16H12F2N2OS. The first-order valence-electron chi connectivity index (χ1n) is 6.41. The van der Waals surface area contributed by atoms with E-state index in [0.29, 0.717) is 11.3 Å². The van der Waals surface area contributed by atoms with Gasteiger partial charge in [0.25, 0.3) is 0 Å². The molecule has 0 unspecified atom stereocenters. The number of benzene rings is 2. The van der Waals surface area contributed by atoms with E-state index in [9.17, 15) is 13.6 Å². The molecule has 0 heterocycles. The van der Waals surface area contributed by atoms with Gasteiger partial charge in [-0.1, -0.05) is 18.2 Å². The van der Waals surface area contributed by atoms with Crippen LogP contribution in [0, 0.1) is 23.0 Å². The van der Waals surface area contributed by atoms with E-state index in [1.54, 1.807) is 12.1 Å². The first-order chi connectivity index (χ1) is 10.6. The lowest BCUT2D eigenvalue weighted by atomic mass is 10.1. The van der Waals surface area contributed by atoms with Crippen LogP contribution in [-0.2, 0) is 10.5 Å². The van der Waals surface area contributed by atoms with Gasteiger partial charge in [-0.15, -0.1) is 11.8 Å². The number of amides is 1. The third kappa shape index (κ3) is 4.30. The molecule has 2 aromatic rings.